The third-order valence-corrected chi connectivity index (χ3v) is 5.82. The normalized spacial score (nSPS) is 12.0. The zero-order valence-electron chi connectivity index (χ0n) is 17.6. The number of carbonyl (C=O) groups excluding carboxylic acids is 1. The second-order valence-electron chi connectivity index (χ2n) is 7.18. The lowest BCUT2D eigenvalue weighted by atomic mass is 10.1. The van der Waals surface area contributed by atoms with Crippen molar-refractivity contribution in [1.29, 1.82) is 5.26 Å². The van der Waals surface area contributed by atoms with Gasteiger partial charge >= 0.3 is 0 Å². The van der Waals surface area contributed by atoms with Crippen LogP contribution in [0.4, 0.5) is 5.69 Å². The zero-order valence-corrected chi connectivity index (χ0v) is 18.4. The summed E-state index contributed by atoms with van der Waals surface area (Å²) in [5.74, 6) is -0.537. The molecule has 3 aromatic rings. The molecule has 6 nitrogen and oxygen atoms in total. The van der Waals surface area contributed by atoms with Gasteiger partial charge in [0.05, 0.1) is 15.9 Å². The van der Waals surface area contributed by atoms with Crippen LogP contribution < -0.4 is 5.32 Å². The van der Waals surface area contributed by atoms with E-state index < -0.39 is 10.8 Å². The molecule has 1 amide bonds. The summed E-state index contributed by atoms with van der Waals surface area (Å²) < 4.78 is 0. The Hall–Kier alpha value is -3.89. The highest BCUT2D eigenvalue weighted by molar-refractivity contribution is 7.99. The molecule has 1 atom stereocenters. The first-order chi connectivity index (χ1) is 15.4. The van der Waals surface area contributed by atoms with Gasteiger partial charge in [0.2, 0.25) is 0 Å². The number of amides is 1. The maximum absolute atomic E-state index is 12.6. The number of nitriles is 1. The summed E-state index contributed by atoms with van der Waals surface area (Å²) in [5.41, 5.74) is 2.21. The van der Waals surface area contributed by atoms with Crippen LogP contribution in [0, 0.1) is 28.4 Å². The number of rotatable bonds is 7. The third kappa shape index (κ3) is 5.84. The van der Waals surface area contributed by atoms with Gasteiger partial charge in [-0.25, -0.2) is 0 Å². The summed E-state index contributed by atoms with van der Waals surface area (Å²) in [6.07, 6.45) is 1.36. The smallest absolute Gasteiger partial charge is 0.283 e. The minimum absolute atomic E-state index is 0.0836. The molecule has 32 heavy (non-hydrogen) atoms. The summed E-state index contributed by atoms with van der Waals surface area (Å²) in [6.45, 7) is 3.80. The number of nitrogens with zero attached hydrogens (tertiary/aromatic N) is 2. The molecule has 0 spiro atoms. The number of nitro benzene ring substituents is 1. The molecule has 3 aromatic carbocycles. The lowest BCUT2D eigenvalue weighted by Gasteiger charge is -2.13. The van der Waals surface area contributed by atoms with Crippen molar-refractivity contribution in [3.05, 3.63) is 105 Å². The van der Waals surface area contributed by atoms with Gasteiger partial charge in [-0.15, -0.1) is 0 Å². The van der Waals surface area contributed by atoms with E-state index in [9.17, 15) is 20.2 Å². The SMILES string of the molecule is Cc1ccc(Sc2ccc(/C=C(\C#N)C(=O)N[C@H](C)c3ccccc3)cc2[N+](=O)[O-])cc1. The molecule has 0 aliphatic carbocycles. The Morgan fingerprint density at radius 2 is 1.81 bits per heavy atom. The first-order valence-electron chi connectivity index (χ1n) is 9.88. The van der Waals surface area contributed by atoms with Gasteiger partial charge < -0.3 is 5.32 Å². The molecule has 0 unspecified atom stereocenters. The molecule has 7 heteroatoms. The number of aryl methyl sites for hydroxylation is 1. The van der Waals surface area contributed by atoms with Gasteiger partial charge in [0, 0.05) is 11.0 Å². The van der Waals surface area contributed by atoms with Crippen LogP contribution in [0.2, 0.25) is 0 Å². The Labute approximate surface area is 190 Å². The molecule has 0 radical (unpaired) electrons. The topological polar surface area (TPSA) is 96.0 Å². The van der Waals surface area contributed by atoms with E-state index in [0.717, 1.165) is 16.0 Å². The van der Waals surface area contributed by atoms with Crippen LogP contribution in [0.1, 0.15) is 29.7 Å². The van der Waals surface area contributed by atoms with Crippen LogP contribution >= 0.6 is 11.8 Å². The van der Waals surface area contributed by atoms with Gasteiger partial charge in [0.1, 0.15) is 11.6 Å². The van der Waals surface area contributed by atoms with Crippen molar-refractivity contribution in [2.24, 2.45) is 0 Å². The molecule has 0 bridgehead atoms. The van der Waals surface area contributed by atoms with E-state index >= 15 is 0 Å². The van der Waals surface area contributed by atoms with Crippen molar-refractivity contribution < 1.29 is 9.72 Å². The van der Waals surface area contributed by atoms with E-state index in [1.807, 2.05) is 74.5 Å². The lowest BCUT2D eigenvalue weighted by Crippen LogP contribution is -2.27. The van der Waals surface area contributed by atoms with E-state index in [1.165, 1.54) is 23.9 Å². The van der Waals surface area contributed by atoms with E-state index in [2.05, 4.69) is 5.32 Å². The van der Waals surface area contributed by atoms with Gasteiger partial charge in [0.15, 0.2) is 0 Å². The molecule has 0 heterocycles. The minimum atomic E-state index is -0.537. The zero-order chi connectivity index (χ0) is 23.1. The molecule has 3 rings (SSSR count). The Morgan fingerprint density at radius 1 is 1.12 bits per heavy atom. The van der Waals surface area contributed by atoms with Gasteiger partial charge in [-0.1, -0.05) is 65.9 Å². The van der Waals surface area contributed by atoms with Crippen molar-refractivity contribution in [2.45, 2.75) is 29.7 Å². The first kappa shape index (κ1) is 22.8. The quantitative estimate of drug-likeness (QED) is 0.214. The standard InChI is InChI=1S/C25H21N3O3S/c1-17-8-11-22(12-9-17)32-24-13-10-19(15-23(24)28(30)31)14-21(16-26)25(29)27-18(2)20-6-4-3-5-7-20/h3-15,18H,1-2H3,(H,27,29)/b21-14+/t18-/m1/s1. The molecule has 0 saturated heterocycles. The van der Waals surface area contributed by atoms with Crippen molar-refractivity contribution in [3.63, 3.8) is 0 Å². The van der Waals surface area contributed by atoms with E-state index in [4.69, 9.17) is 0 Å². The molecule has 1 N–H and O–H groups in total. The van der Waals surface area contributed by atoms with Crippen molar-refractivity contribution in [1.82, 2.24) is 5.32 Å². The highest BCUT2D eigenvalue weighted by Crippen LogP contribution is 2.35. The average molecular weight is 444 g/mol. The predicted molar refractivity (Wildman–Crippen MR) is 125 cm³/mol. The minimum Gasteiger partial charge on any atom is -0.345 e. The summed E-state index contributed by atoms with van der Waals surface area (Å²) >= 11 is 1.29. The Balaban J connectivity index is 1.83. The monoisotopic (exact) mass is 443 g/mol. The Kier molecular flexibility index (Phi) is 7.42. The largest absolute Gasteiger partial charge is 0.345 e. The van der Waals surface area contributed by atoms with Crippen molar-refractivity contribution >= 4 is 29.4 Å². The van der Waals surface area contributed by atoms with E-state index in [1.54, 1.807) is 12.1 Å². The van der Waals surface area contributed by atoms with Gasteiger partial charge in [-0.3, -0.25) is 14.9 Å². The molecule has 160 valence electrons. The van der Waals surface area contributed by atoms with Crippen molar-refractivity contribution in [2.75, 3.05) is 0 Å². The fraction of sp³-hybridized carbons (Fsp3) is 0.120. The second kappa shape index (κ2) is 10.4. The summed E-state index contributed by atoms with van der Waals surface area (Å²) in [6, 6.07) is 23.4. The highest BCUT2D eigenvalue weighted by Gasteiger charge is 2.18. The Morgan fingerprint density at radius 3 is 2.44 bits per heavy atom. The molecule has 0 aromatic heterocycles. The van der Waals surface area contributed by atoms with Crippen molar-refractivity contribution in [3.8, 4) is 6.07 Å². The van der Waals surface area contributed by atoms with Crippen LogP contribution in [0.3, 0.4) is 0 Å². The number of carbonyl (C=O) groups is 1. The lowest BCUT2D eigenvalue weighted by molar-refractivity contribution is -0.387. The number of hydrogen-bond donors (Lipinski definition) is 1. The fourth-order valence-electron chi connectivity index (χ4n) is 3.00. The fourth-order valence-corrected chi connectivity index (χ4v) is 3.90. The molecular formula is C25H21N3O3S. The molecule has 0 saturated carbocycles. The molecular weight excluding hydrogens is 422 g/mol. The summed E-state index contributed by atoms with van der Waals surface area (Å²) in [7, 11) is 0. The first-order valence-corrected chi connectivity index (χ1v) is 10.7. The van der Waals surface area contributed by atoms with Crippen LogP contribution in [-0.4, -0.2) is 10.8 Å². The van der Waals surface area contributed by atoms with Crippen LogP contribution in [0.25, 0.3) is 6.08 Å². The average Bonchev–Trinajstić information content (AvgIpc) is 2.80. The molecule has 0 fully saturated rings. The van der Waals surface area contributed by atoms with Crippen LogP contribution in [0.15, 0.2) is 88.2 Å². The number of nitro groups is 1. The highest BCUT2D eigenvalue weighted by atomic mass is 32.2. The van der Waals surface area contributed by atoms with Gasteiger partial charge in [0.25, 0.3) is 11.6 Å². The van der Waals surface area contributed by atoms with Crippen LogP contribution in [-0.2, 0) is 4.79 Å². The van der Waals surface area contributed by atoms with E-state index in [-0.39, 0.29) is 17.3 Å². The van der Waals surface area contributed by atoms with Gasteiger partial charge in [-0.2, -0.15) is 5.26 Å². The predicted octanol–water partition coefficient (Wildman–Crippen LogP) is 5.84. The number of nitrogens with one attached hydrogen (secondary N) is 1. The summed E-state index contributed by atoms with van der Waals surface area (Å²) in [5, 5.41) is 23.9. The molecule has 0 aliphatic heterocycles. The third-order valence-electron chi connectivity index (χ3n) is 4.75. The molecule has 0 aliphatic rings. The van der Waals surface area contributed by atoms with E-state index in [0.29, 0.717) is 10.5 Å². The Bertz CT molecular complexity index is 1200. The van der Waals surface area contributed by atoms with Gasteiger partial charge in [-0.05, 0) is 49.2 Å². The number of benzene rings is 3. The maximum atomic E-state index is 12.6. The maximum Gasteiger partial charge on any atom is 0.283 e. The van der Waals surface area contributed by atoms with Crippen LogP contribution in [0.5, 0.6) is 0 Å². The number of hydrogen-bond acceptors (Lipinski definition) is 5. The summed E-state index contributed by atoms with van der Waals surface area (Å²) in [4.78, 5) is 25.1. The second-order valence-corrected chi connectivity index (χ2v) is 8.29.